The lowest BCUT2D eigenvalue weighted by atomic mass is 10.1. The van der Waals surface area contributed by atoms with Crippen molar-refractivity contribution in [1.29, 1.82) is 0 Å². The first-order valence-corrected chi connectivity index (χ1v) is 10.3. The van der Waals surface area contributed by atoms with Gasteiger partial charge in [-0.3, -0.25) is 14.6 Å². The first-order chi connectivity index (χ1) is 14.5. The fourth-order valence-electron chi connectivity index (χ4n) is 3.55. The van der Waals surface area contributed by atoms with Crippen LogP contribution in [0.5, 0.6) is 0 Å². The number of fused-ring (bicyclic) bond motifs is 1. The summed E-state index contributed by atoms with van der Waals surface area (Å²) < 4.78 is 5.55. The van der Waals surface area contributed by atoms with Crippen LogP contribution >= 0.6 is 11.6 Å². The van der Waals surface area contributed by atoms with Crippen LogP contribution in [0.3, 0.4) is 0 Å². The molecule has 30 heavy (non-hydrogen) atoms. The van der Waals surface area contributed by atoms with Crippen LogP contribution < -0.4 is 10.6 Å². The van der Waals surface area contributed by atoms with E-state index in [4.69, 9.17) is 16.3 Å². The average molecular weight is 424 g/mol. The van der Waals surface area contributed by atoms with Gasteiger partial charge in [0.1, 0.15) is 0 Å². The number of carbonyl (C=O) groups excluding carboxylic acids is 2. The third-order valence-corrected chi connectivity index (χ3v) is 5.38. The Hall–Kier alpha value is -2.96. The maximum Gasteiger partial charge on any atom is 0.257 e. The molecule has 1 atom stereocenters. The topological polar surface area (TPSA) is 80.3 Å². The smallest absolute Gasteiger partial charge is 0.257 e. The number of amides is 2. The number of hydrogen-bond acceptors (Lipinski definition) is 4. The van der Waals surface area contributed by atoms with Gasteiger partial charge < -0.3 is 15.4 Å². The molecule has 1 saturated heterocycles. The number of nitrogens with one attached hydrogen (secondary N) is 2. The summed E-state index contributed by atoms with van der Waals surface area (Å²) in [5.74, 6) is -0.569. The lowest BCUT2D eigenvalue weighted by molar-refractivity contribution is 0.0858. The fraction of sp³-hybridized carbons (Fsp3) is 0.261. The summed E-state index contributed by atoms with van der Waals surface area (Å²) in [6.07, 6.45) is 2.01. The lowest BCUT2D eigenvalue weighted by Crippen LogP contribution is -2.32. The predicted octanol–water partition coefficient (Wildman–Crippen LogP) is 4.36. The summed E-state index contributed by atoms with van der Waals surface area (Å²) in [7, 11) is 0. The number of benzene rings is 2. The first kappa shape index (κ1) is 20.3. The number of nitrogens with zero attached hydrogens (tertiary/aromatic N) is 1. The molecule has 4 rings (SSSR count). The van der Waals surface area contributed by atoms with Gasteiger partial charge in [0, 0.05) is 23.6 Å². The Bertz CT molecular complexity index is 1110. The van der Waals surface area contributed by atoms with Gasteiger partial charge in [0.05, 0.1) is 34.1 Å². The molecule has 154 valence electrons. The summed E-state index contributed by atoms with van der Waals surface area (Å²) in [5.41, 5.74) is 2.61. The summed E-state index contributed by atoms with van der Waals surface area (Å²) in [4.78, 5) is 30.1. The SMILES string of the molecule is Cc1nc2cc(Cl)ccc2cc1C(=O)Nc1ccccc1C(=O)NC[C@H]1CCCO1. The van der Waals surface area contributed by atoms with Crippen LogP contribution in [0.15, 0.2) is 48.5 Å². The van der Waals surface area contributed by atoms with E-state index in [0.29, 0.717) is 34.1 Å². The monoisotopic (exact) mass is 423 g/mol. The standard InChI is InChI=1S/C23H22ClN3O3/c1-14-19(11-15-8-9-16(24)12-21(15)26-14)23(29)27-20-7-3-2-6-18(20)22(28)25-13-17-5-4-10-30-17/h2-3,6-9,11-12,17H,4-5,10,13H2,1H3,(H,25,28)(H,27,29)/t17-/m1/s1. The highest BCUT2D eigenvalue weighted by atomic mass is 35.5. The van der Waals surface area contributed by atoms with Gasteiger partial charge in [-0.2, -0.15) is 0 Å². The van der Waals surface area contributed by atoms with Crippen LogP contribution in [0.2, 0.25) is 5.02 Å². The zero-order chi connectivity index (χ0) is 21.1. The van der Waals surface area contributed by atoms with E-state index >= 15 is 0 Å². The minimum absolute atomic E-state index is 0.0514. The molecule has 2 N–H and O–H groups in total. The van der Waals surface area contributed by atoms with E-state index in [1.807, 2.05) is 6.07 Å². The van der Waals surface area contributed by atoms with E-state index in [1.165, 1.54) is 0 Å². The van der Waals surface area contributed by atoms with Gasteiger partial charge in [0.2, 0.25) is 0 Å². The third-order valence-electron chi connectivity index (χ3n) is 5.15. The maximum atomic E-state index is 13.0. The molecule has 2 aromatic carbocycles. The molecule has 1 aromatic heterocycles. The molecule has 0 spiro atoms. The Morgan fingerprint density at radius 2 is 1.97 bits per heavy atom. The van der Waals surface area contributed by atoms with Gasteiger partial charge in [-0.15, -0.1) is 0 Å². The third kappa shape index (κ3) is 4.45. The van der Waals surface area contributed by atoms with Gasteiger partial charge in [-0.1, -0.05) is 29.8 Å². The fourth-order valence-corrected chi connectivity index (χ4v) is 3.72. The minimum atomic E-state index is -0.323. The molecule has 6 nitrogen and oxygen atoms in total. The minimum Gasteiger partial charge on any atom is -0.376 e. The number of halogens is 1. The second-order valence-corrected chi connectivity index (χ2v) is 7.74. The molecular weight excluding hydrogens is 402 g/mol. The van der Waals surface area contributed by atoms with E-state index in [9.17, 15) is 9.59 Å². The summed E-state index contributed by atoms with van der Waals surface area (Å²) in [6, 6.07) is 14.1. The molecule has 1 fully saturated rings. The van der Waals surface area contributed by atoms with Gasteiger partial charge in [-0.05, 0) is 50.1 Å². The Morgan fingerprint density at radius 1 is 1.13 bits per heavy atom. The van der Waals surface area contributed by atoms with Crippen LogP contribution in [0.4, 0.5) is 5.69 Å². The number of hydrogen-bond donors (Lipinski definition) is 2. The molecule has 0 radical (unpaired) electrons. The molecule has 2 heterocycles. The van der Waals surface area contributed by atoms with Crippen molar-refractivity contribution >= 4 is 40.0 Å². The number of aromatic nitrogens is 1. The van der Waals surface area contributed by atoms with Crippen molar-refractivity contribution in [2.75, 3.05) is 18.5 Å². The van der Waals surface area contributed by atoms with Crippen molar-refractivity contribution in [1.82, 2.24) is 10.3 Å². The second kappa shape index (κ2) is 8.81. The molecule has 0 saturated carbocycles. The van der Waals surface area contributed by atoms with Crippen LogP contribution in [-0.2, 0) is 4.74 Å². The average Bonchev–Trinajstić information content (AvgIpc) is 3.25. The van der Waals surface area contributed by atoms with Gasteiger partial charge in [-0.25, -0.2) is 0 Å². The van der Waals surface area contributed by atoms with E-state index in [0.717, 1.165) is 30.4 Å². The largest absolute Gasteiger partial charge is 0.376 e. The van der Waals surface area contributed by atoms with Gasteiger partial charge >= 0.3 is 0 Å². The molecule has 0 bridgehead atoms. The van der Waals surface area contributed by atoms with Crippen molar-refractivity contribution in [3.05, 3.63) is 70.4 Å². The summed E-state index contributed by atoms with van der Waals surface area (Å²) in [5, 5.41) is 7.16. The first-order valence-electron chi connectivity index (χ1n) is 9.88. The number of aryl methyl sites for hydroxylation is 1. The predicted molar refractivity (Wildman–Crippen MR) is 117 cm³/mol. The molecule has 0 unspecified atom stereocenters. The zero-order valence-electron chi connectivity index (χ0n) is 16.6. The highest BCUT2D eigenvalue weighted by Crippen LogP contribution is 2.22. The number of pyridine rings is 1. The van der Waals surface area contributed by atoms with E-state index < -0.39 is 0 Å². The highest BCUT2D eigenvalue weighted by Gasteiger charge is 2.19. The van der Waals surface area contributed by atoms with Crippen molar-refractivity contribution in [3.63, 3.8) is 0 Å². The van der Waals surface area contributed by atoms with Crippen LogP contribution in [0.1, 0.15) is 39.3 Å². The molecule has 7 heteroatoms. The number of rotatable bonds is 5. The molecular formula is C23H22ClN3O3. The summed E-state index contributed by atoms with van der Waals surface area (Å²) >= 11 is 6.03. The van der Waals surface area contributed by atoms with E-state index in [-0.39, 0.29) is 17.9 Å². The van der Waals surface area contributed by atoms with Crippen LogP contribution in [0, 0.1) is 6.92 Å². The van der Waals surface area contributed by atoms with E-state index in [1.54, 1.807) is 49.4 Å². The Labute approximate surface area is 179 Å². The zero-order valence-corrected chi connectivity index (χ0v) is 17.3. The normalized spacial score (nSPS) is 15.9. The van der Waals surface area contributed by atoms with Gasteiger partial charge in [0.25, 0.3) is 11.8 Å². The number of anilines is 1. The number of ether oxygens (including phenoxy) is 1. The van der Waals surface area contributed by atoms with Crippen molar-refractivity contribution < 1.29 is 14.3 Å². The van der Waals surface area contributed by atoms with Crippen molar-refractivity contribution in [3.8, 4) is 0 Å². The van der Waals surface area contributed by atoms with Crippen LogP contribution in [-0.4, -0.2) is 36.1 Å². The van der Waals surface area contributed by atoms with Crippen molar-refractivity contribution in [2.45, 2.75) is 25.9 Å². The van der Waals surface area contributed by atoms with Crippen LogP contribution in [0.25, 0.3) is 10.9 Å². The number of para-hydroxylation sites is 1. The Kier molecular flexibility index (Phi) is 5.97. The maximum absolute atomic E-state index is 13.0. The molecule has 1 aliphatic rings. The quantitative estimate of drug-likeness (QED) is 0.639. The number of carbonyl (C=O) groups is 2. The molecule has 2 amide bonds. The molecule has 3 aromatic rings. The second-order valence-electron chi connectivity index (χ2n) is 7.30. The Morgan fingerprint density at radius 3 is 2.77 bits per heavy atom. The molecule has 1 aliphatic heterocycles. The Balaban J connectivity index is 1.53. The summed E-state index contributed by atoms with van der Waals surface area (Å²) in [6.45, 7) is 2.96. The van der Waals surface area contributed by atoms with Gasteiger partial charge in [0.15, 0.2) is 0 Å². The molecule has 0 aliphatic carbocycles. The lowest BCUT2D eigenvalue weighted by Gasteiger charge is -2.14. The van der Waals surface area contributed by atoms with Crippen molar-refractivity contribution in [2.24, 2.45) is 0 Å². The highest BCUT2D eigenvalue weighted by molar-refractivity contribution is 6.31. The van der Waals surface area contributed by atoms with E-state index in [2.05, 4.69) is 15.6 Å².